The molecule has 0 saturated carbocycles. The summed E-state index contributed by atoms with van der Waals surface area (Å²) in [5.41, 5.74) is 4.13. The van der Waals surface area contributed by atoms with Gasteiger partial charge in [-0.3, -0.25) is 9.59 Å². The van der Waals surface area contributed by atoms with Gasteiger partial charge in [0.05, 0.1) is 0 Å². The monoisotopic (exact) mass is 489 g/mol. The second-order valence-corrected chi connectivity index (χ2v) is 9.50. The molecule has 2 N–H and O–H groups in total. The lowest BCUT2D eigenvalue weighted by Crippen LogP contribution is -2.36. The van der Waals surface area contributed by atoms with Gasteiger partial charge in [0, 0.05) is 37.3 Å². The van der Waals surface area contributed by atoms with E-state index < -0.39 is 6.04 Å². The Labute approximate surface area is 212 Å². The number of nitrogens with one attached hydrogen (secondary N) is 2. The number of likely N-dealkylation sites (tertiary alicyclic amines) is 1. The third-order valence-corrected chi connectivity index (χ3v) is 6.91. The fourth-order valence-corrected chi connectivity index (χ4v) is 4.73. The van der Waals surface area contributed by atoms with Crippen LogP contribution in [0.15, 0.2) is 78.9 Å². The van der Waals surface area contributed by atoms with E-state index >= 15 is 0 Å². The number of hydrogen-bond donors (Lipinski definition) is 2. The highest BCUT2D eigenvalue weighted by Crippen LogP contribution is 2.29. The molecule has 1 heterocycles. The first-order valence-corrected chi connectivity index (χ1v) is 12.6. The molecule has 0 aromatic heterocycles. The van der Waals surface area contributed by atoms with Crippen LogP contribution in [0.5, 0.6) is 0 Å². The topological polar surface area (TPSA) is 61.4 Å². The Morgan fingerprint density at radius 3 is 2.23 bits per heavy atom. The van der Waals surface area contributed by atoms with Crippen LogP contribution in [-0.4, -0.2) is 36.3 Å². The first-order chi connectivity index (χ1) is 17.0. The predicted octanol–water partition coefficient (Wildman–Crippen LogP) is 5.58. The van der Waals surface area contributed by atoms with Gasteiger partial charge in [-0.2, -0.15) is 0 Å². The van der Waals surface area contributed by atoms with Crippen LogP contribution in [-0.2, 0) is 16.0 Å². The predicted molar refractivity (Wildman–Crippen MR) is 142 cm³/mol. The summed E-state index contributed by atoms with van der Waals surface area (Å²) in [7, 11) is 0. The van der Waals surface area contributed by atoms with Crippen LogP contribution < -0.4 is 10.6 Å². The molecule has 0 radical (unpaired) electrons. The van der Waals surface area contributed by atoms with Crippen LogP contribution in [0.3, 0.4) is 0 Å². The van der Waals surface area contributed by atoms with Gasteiger partial charge in [-0.25, -0.2) is 0 Å². The van der Waals surface area contributed by atoms with Crippen molar-refractivity contribution in [3.8, 4) is 0 Å². The zero-order chi connectivity index (χ0) is 24.6. The van der Waals surface area contributed by atoms with Crippen LogP contribution in [0.4, 0.5) is 5.69 Å². The molecule has 0 spiro atoms. The Morgan fingerprint density at radius 1 is 0.943 bits per heavy atom. The normalized spacial score (nSPS) is 15.0. The second kappa shape index (κ2) is 12.0. The van der Waals surface area contributed by atoms with Crippen molar-refractivity contribution in [2.75, 3.05) is 25.0 Å². The maximum Gasteiger partial charge on any atom is 0.246 e. The van der Waals surface area contributed by atoms with Gasteiger partial charge < -0.3 is 15.5 Å². The molecule has 1 saturated heterocycles. The maximum absolute atomic E-state index is 13.3. The van der Waals surface area contributed by atoms with Crippen LogP contribution >= 0.6 is 11.6 Å². The van der Waals surface area contributed by atoms with Crippen molar-refractivity contribution in [1.82, 2.24) is 10.2 Å². The number of amides is 2. The standard InChI is InChI=1S/C29H32ClN3O2/c1-21(34)33-19-16-24(17-20-33)23-9-13-27(14-10-23)32-29(35)28(25-5-3-2-4-6-25)31-18-15-22-7-11-26(30)12-8-22/h2-14,24,28,31H,15-20H2,1H3,(H,32,35)/t28-/m1/s1. The van der Waals surface area contributed by atoms with E-state index in [2.05, 4.69) is 22.8 Å². The molecule has 1 aliphatic rings. The molecule has 1 fully saturated rings. The minimum Gasteiger partial charge on any atom is -0.343 e. The number of hydrogen-bond acceptors (Lipinski definition) is 3. The smallest absolute Gasteiger partial charge is 0.246 e. The molecule has 35 heavy (non-hydrogen) atoms. The van der Waals surface area contributed by atoms with Gasteiger partial charge in [0.1, 0.15) is 6.04 Å². The SMILES string of the molecule is CC(=O)N1CCC(c2ccc(NC(=O)[C@H](NCCc3ccc(Cl)cc3)c3ccccc3)cc2)CC1. The van der Waals surface area contributed by atoms with E-state index in [-0.39, 0.29) is 11.8 Å². The van der Waals surface area contributed by atoms with Crippen LogP contribution in [0.1, 0.15) is 48.4 Å². The Kier molecular flexibility index (Phi) is 8.56. The first-order valence-electron chi connectivity index (χ1n) is 12.2. The summed E-state index contributed by atoms with van der Waals surface area (Å²) in [6.45, 7) is 3.90. The third-order valence-electron chi connectivity index (χ3n) is 6.66. The van der Waals surface area contributed by atoms with Crippen molar-refractivity contribution in [1.29, 1.82) is 0 Å². The van der Waals surface area contributed by atoms with E-state index in [1.165, 1.54) is 11.1 Å². The molecule has 5 nitrogen and oxygen atoms in total. The highest BCUT2D eigenvalue weighted by Gasteiger charge is 2.23. The minimum absolute atomic E-state index is 0.0881. The van der Waals surface area contributed by atoms with Crippen molar-refractivity contribution in [3.05, 3.63) is 101 Å². The summed E-state index contributed by atoms with van der Waals surface area (Å²) in [5.74, 6) is 0.507. The van der Waals surface area contributed by atoms with E-state index in [1.54, 1.807) is 6.92 Å². The quantitative estimate of drug-likeness (QED) is 0.434. The van der Waals surface area contributed by atoms with E-state index in [0.717, 1.165) is 48.6 Å². The maximum atomic E-state index is 13.3. The molecular formula is C29H32ClN3O2. The number of rotatable bonds is 8. The second-order valence-electron chi connectivity index (χ2n) is 9.07. The lowest BCUT2D eigenvalue weighted by atomic mass is 9.89. The lowest BCUT2D eigenvalue weighted by molar-refractivity contribution is -0.129. The molecule has 4 rings (SSSR count). The average Bonchev–Trinajstić information content (AvgIpc) is 2.88. The molecular weight excluding hydrogens is 458 g/mol. The molecule has 0 unspecified atom stereocenters. The largest absolute Gasteiger partial charge is 0.343 e. The molecule has 3 aromatic carbocycles. The van der Waals surface area contributed by atoms with E-state index in [1.807, 2.05) is 71.6 Å². The summed E-state index contributed by atoms with van der Waals surface area (Å²) < 4.78 is 0. The van der Waals surface area contributed by atoms with E-state index in [0.29, 0.717) is 12.5 Å². The summed E-state index contributed by atoms with van der Waals surface area (Å²) in [5, 5.41) is 7.21. The fraction of sp³-hybridized carbons (Fsp3) is 0.310. The first kappa shape index (κ1) is 25.0. The summed E-state index contributed by atoms with van der Waals surface area (Å²) in [6.07, 6.45) is 2.74. The van der Waals surface area contributed by atoms with Crippen molar-refractivity contribution in [2.24, 2.45) is 0 Å². The zero-order valence-corrected chi connectivity index (χ0v) is 20.8. The number of halogens is 1. The number of benzene rings is 3. The number of anilines is 1. The van der Waals surface area contributed by atoms with Gasteiger partial charge >= 0.3 is 0 Å². The third kappa shape index (κ3) is 6.93. The molecule has 1 atom stereocenters. The van der Waals surface area contributed by atoms with Crippen LogP contribution in [0.2, 0.25) is 5.02 Å². The van der Waals surface area contributed by atoms with Gasteiger partial charge in [0.2, 0.25) is 11.8 Å². The highest BCUT2D eigenvalue weighted by molar-refractivity contribution is 6.30. The average molecular weight is 490 g/mol. The molecule has 1 aliphatic heterocycles. The van der Waals surface area contributed by atoms with Gasteiger partial charge in [-0.1, -0.05) is 66.2 Å². The van der Waals surface area contributed by atoms with Gasteiger partial charge in [0.15, 0.2) is 0 Å². The van der Waals surface area contributed by atoms with Crippen LogP contribution in [0, 0.1) is 0 Å². The molecule has 0 aliphatic carbocycles. The van der Waals surface area contributed by atoms with E-state index in [9.17, 15) is 9.59 Å². The summed E-state index contributed by atoms with van der Waals surface area (Å²) in [4.78, 5) is 26.7. The fourth-order valence-electron chi connectivity index (χ4n) is 4.60. The highest BCUT2D eigenvalue weighted by atomic mass is 35.5. The Bertz CT molecular complexity index is 1110. The number of nitrogens with zero attached hydrogens (tertiary/aromatic N) is 1. The molecule has 3 aromatic rings. The molecule has 6 heteroatoms. The van der Waals surface area contributed by atoms with Crippen molar-refractivity contribution < 1.29 is 9.59 Å². The summed E-state index contributed by atoms with van der Waals surface area (Å²) in [6, 6.07) is 25.2. The Balaban J connectivity index is 1.37. The molecule has 2 amide bonds. The number of carbonyl (C=O) groups is 2. The lowest BCUT2D eigenvalue weighted by Gasteiger charge is -2.31. The van der Waals surface area contributed by atoms with Gasteiger partial charge in [0.25, 0.3) is 0 Å². The van der Waals surface area contributed by atoms with Crippen molar-refractivity contribution in [2.45, 2.75) is 38.1 Å². The Morgan fingerprint density at radius 2 is 1.60 bits per heavy atom. The van der Waals surface area contributed by atoms with Crippen molar-refractivity contribution in [3.63, 3.8) is 0 Å². The Hall–Kier alpha value is -3.15. The van der Waals surface area contributed by atoms with Gasteiger partial charge in [-0.05, 0) is 66.1 Å². The minimum atomic E-state index is -0.459. The number of carbonyl (C=O) groups excluding carboxylic acids is 2. The van der Waals surface area contributed by atoms with Gasteiger partial charge in [-0.15, -0.1) is 0 Å². The van der Waals surface area contributed by atoms with E-state index in [4.69, 9.17) is 11.6 Å². The summed E-state index contributed by atoms with van der Waals surface area (Å²) >= 11 is 5.98. The molecule has 182 valence electrons. The number of piperidine rings is 1. The van der Waals surface area contributed by atoms with Crippen molar-refractivity contribution >= 4 is 29.1 Å². The molecule has 0 bridgehead atoms. The van der Waals surface area contributed by atoms with Crippen LogP contribution in [0.25, 0.3) is 0 Å². The zero-order valence-electron chi connectivity index (χ0n) is 20.0.